The Hall–Kier alpha value is -3.59. The van der Waals surface area contributed by atoms with Crippen molar-refractivity contribution in [3.63, 3.8) is 0 Å². The molecular weight excluding hydrogens is 406 g/mol. The van der Waals surface area contributed by atoms with Crippen LogP contribution >= 0.6 is 0 Å². The van der Waals surface area contributed by atoms with Gasteiger partial charge in [0.2, 0.25) is 5.89 Å². The maximum Gasteiger partial charge on any atom is 0.247 e. The van der Waals surface area contributed by atoms with Crippen LogP contribution in [0.1, 0.15) is 35.4 Å². The predicted octanol–water partition coefficient (Wildman–Crippen LogP) is 3.25. The average Bonchev–Trinajstić information content (AvgIpc) is 3.40. The second kappa shape index (κ2) is 7.83. The number of anilines is 1. The number of hydrogen-bond donors (Lipinski definition) is 1. The van der Waals surface area contributed by atoms with Gasteiger partial charge in [0, 0.05) is 36.1 Å². The van der Waals surface area contributed by atoms with Gasteiger partial charge in [-0.1, -0.05) is 0 Å². The fraction of sp³-hybridized carbons (Fsp3) is 0.348. The van der Waals surface area contributed by atoms with E-state index in [1.54, 1.807) is 6.20 Å². The minimum absolute atomic E-state index is 0.0858. The highest BCUT2D eigenvalue weighted by Gasteiger charge is 2.33. The molecule has 0 amide bonds. The zero-order valence-electron chi connectivity index (χ0n) is 18.3. The van der Waals surface area contributed by atoms with E-state index in [1.807, 2.05) is 29.7 Å². The minimum atomic E-state index is -0.0858. The van der Waals surface area contributed by atoms with Gasteiger partial charge in [-0.3, -0.25) is 4.79 Å². The molecule has 0 saturated heterocycles. The quantitative estimate of drug-likeness (QED) is 0.463. The van der Waals surface area contributed by atoms with Gasteiger partial charge in [-0.15, -0.1) is 0 Å². The normalized spacial score (nSPS) is 18.2. The van der Waals surface area contributed by atoms with Crippen LogP contribution in [0.2, 0.25) is 0 Å². The molecule has 0 spiro atoms. The fourth-order valence-electron chi connectivity index (χ4n) is 4.23. The maximum absolute atomic E-state index is 13.1. The summed E-state index contributed by atoms with van der Waals surface area (Å²) in [6.07, 6.45) is 9.16. The van der Waals surface area contributed by atoms with Crippen molar-refractivity contribution in [3.05, 3.63) is 48.4 Å². The lowest BCUT2D eigenvalue weighted by molar-refractivity contribution is 0.0825. The molecule has 0 radical (unpaired) electrons. The lowest BCUT2D eigenvalue weighted by Crippen LogP contribution is -2.41. The number of imidazole rings is 1. The van der Waals surface area contributed by atoms with Crippen LogP contribution < -0.4 is 5.73 Å². The van der Waals surface area contributed by atoms with Crippen molar-refractivity contribution < 1.29 is 9.21 Å². The number of aromatic nitrogens is 5. The number of aryl methyl sites for hydroxylation is 1. The molecule has 0 aliphatic heterocycles. The number of pyridine rings is 1. The van der Waals surface area contributed by atoms with Gasteiger partial charge >= 0.3 is 0 Å². The summed E-state index contributed by atoms with van der Waals surface area (Å²) < 4.78 is 7.44. The minimum Gasteiger partial charge on any atom is -0.443 e. The van der Waals surface area contributed by atoms with Gasteiger partial charge in [0.1, 0.15) is 23.3 Å². The zero-order chi connectivity index (χ0) is 22.4. The van der Waals surface area contributed by atoms with Crippen molar-refractivity contribution in [1.29, 1.82) is 0 Å². The van der Waals surface area contributed by atoms with Gasteiger partial charge in [-0.05, 0) is 51.9 Å². The number of ketones is 1. The van der Waals surface area contributed by atoms with E-state index in [1.165, 1.54) is 12.5 Å². The number of carbonyl (C=O) groups is 1. The Morgan fingerprint density at radius 3 is 2.75 bits per heavy atom. The number of rotatable bonds is 6. The maximum atomic E-state index is 13.1. The highest BCUT2D eigenvalue weighted by atomic mass is 16.3. The van der Waals surface area contributed by atoms with Crippen molar-refractivity contribution in [2.45, 2.75) is 32.2 Å². The number of Topliss-reactive ketones (excluding diaryl/α,β-unsaturated/α-hetero) is 1. The zero-order valence-corrected chi connectivity index (χ0v) is 18.3. The third kappa shape index (κ3) is 3.54. The number of carbonyl (C=O) groups excluding carboxylic acids is 1. The van der Waals surface area contributed by atoms with Crippen LogP contribution in [-0.4, -0.2) is 55.2 Å². The summed E-state index contributed by atoms with van der Waals surface area (Å²) in [5, 5.41) is 0. The highest BCUT2D eigenvalue weighted by molar-refractivity contribution is 5.99. The Labute approximate surface area is 185 Å². The third-order valence-corrected chi connectivity index (χ3v) is 6.20. The monoisotopic (exact) mass is 431 g/mol. The fourth-order valence-corrected chi connectivity index (χ4v) is 4.23. The molecule has 0 unspecified atom stereocenters. The second-order valence-electron chi connectivity index (χ2n) is 8.62. The second-order valence-corrected chi connectivity index (χ2v) is 8.62. The number of nitrogens with two attached hydrogens (primary N) is 1. The molecule has 4 aromatic rings. The molecule has 4 heterocycles. The predicted molar refractivity (Wildman–Crippen MR) is 120 cm³/mol. The first-order valence-electron chi connectivity index (χ1n) is 10.6. The highest BCUT2D eigenvalue weighted by Crippen LogP contribution is 2.35. The number of nitrogens with zero attached hydrogens (tertiary/aromatic N) is 6. The topological polar surface area (TPSA) is 115 Å². The number of nitrogen functional groups attached to an aromatic ring is 1. The molecule has 32 heavy (non-hydrogen) atoms. The van der Waals surface area contributed by atoms with Crippen molar-refractivity contribution in [2.24, 2.45) is 5.92 Å². The van der Waals surface area contributed by atoms with Crippen LogP contribution in [0.5, 0.6) is 0 Å². The van der Waals surface area contributed by atoms with Gasteiger partial charge in [0.05, 0.1) is 6.20 Å². The summed E-state index contributed by atoms with van der Waals surface area (Å²) in [4.78, 5) is 33.1. The standard InChI is InChI=1S/C23H25N7O2/c1-13-11-26-18-5-4-15(12-30(13)18)19-21(23-25-6-7-32-23)28-22(24)20(27-19)17(31)10-14-8-16(9-14)29(2)3/h4-7,11-12,14,16H,8-10H2,1-3H3,(H2,24,28). The summed E-state index contributed by atoms with van der Waals surface area (Å²) in [6.45, 7) is 1.97. The van der Waals surface area contributed by atoms with E-state index in [4.69, 9.17) is 15.1 Å². The van der Waals surface area contributed by atoms with Gasteiger partial charge < -0.3 is 19.5 Å². The Morgan fingerprint density at radius 1 is 1.22 bits per heavy atom. The van der Waals surface area contributed by atoms with E-state index in [9.17, 15) is 4.79 Å². The SMILES string of the molecule is Cc1cnc2ccc(-c3nc(C(=O)CC4CC(N(C)C)C4)c(N)nc3-c3ncco3)cn12. The Morgan fingerprint density at radius 2 is 2.03 bits per heavy atom. The van der Waals surface area contributed by atoms with E-state index in [0.717, 1.165) is 29.7 Å². The van der Waals surface area contributed by atoms with Crippen molar-refractivity contribution in [1.82, 2.24) is 29.2 Å². The molecule has 1 aliphatic rings. The Bertz CT molecular complexity index is 1290. The molecule has 0 atom stereocenters. The van der Waals surface area contributed by atoms with Crippen LogP contribution in [0.15, 0.2) is 41.4 Å². The average molecular weight is 432 g/mol. The van der Waals surface area contributed by atoms with E-state index in [-0.39, 0.29) is 17.3 Å². The summed E-state index contributed by atoms with van der Waals surface area (Å²) >= 11 is 0. The van der Waals surface area contributed by atoms with E-state index >= 15 is 0 Å². The summed E-state index contributed by atoms with van der Waals surface area (Å²) in [5.74, 6) is 0.650. The van der Waals surface area contributed by atoms with Gasteiger partial charge in [0.25, 0.3) is 0 Å². The molecule has 9 heteroatoms. The summed E-state index contributed by atoms with van der Waals surface area (Å²) in [7, 11) is 4.14. The number of fused-ring (bicyclic) bond motifs is 1. The molecule has 1 saturated carbocycles. The largest absolute Gasteiger partial charge is 0.443 e. The molecule has 164 valence electrons. The van der Waals surface area contributed by atoms with Crippen LogP contribution in [0.3, 0.4) is 0 Å². The van der Waals surface area contributed by atoms with Crippen molar-refractivity contribution in [2.75, 3.05) is 19.8 Å². The smallest absolute Gasteiger partial charge is 0.247 e. The van der Waals surface area contributed by atoms with Crippen LogP contribution in [-0.2, 0) is 0 Å². The van der Waals surface area contributed by atoms with E-state index in [2.05, 4.69) is 33.9 Å². The van der Waals surface area contributed by atoms with Gasteiger partial charge in [0.15, 0.2) is 17.3 Å². The van der Waals surface area contributed by atoms with E-state index < -0.39 is 0 Å². The summed E-state index contributed by atoms with van der Waals surface area (Å²) in [6, 6.07) is 4.33. The molecule has 1 aliphatic carbocycles. The molecular formula is C23H25N7O2. The lowest BCUT2D eigenvalue weighted by Gasteiger charge is -2.39. The first kappa shape index (κ1) is 20.3. The molecule has 0 bridgehead atoms. The van der Waals surface area contributed by atoms with Gasteiger partial charge in [-0.25, -0.2) is 19.9 Å². The van der Waals surface area contributed by atoms with E-state index in [0.29, 0.717) is 35.7 Å². The first-order chi connectivity index (χ1) is 15.4. The molecule has 2 N–H and O–H groups in total. The number of oxazole rings is 1. The van der Waals surface area contributed by atoms with Crippen molar-refractivity contribution >= 4 is 17.2 Å². The van der Waals surface area contributed by atoms with Crippen molar-refractivity contribution in [3.8, 4) is 22.8 Å². The molecule has 4 aromatic heterocycles. The molecule has 0 aromatic carbocycles. The first-order valence-corrected chi connectivity index (χ1v) is 10.6. The molecule has 1 fully saturated rings. The third-order valence-electron chi connectivity index (χ3n) is 6.20. The lowest BCUT2D eigenvalue weighted by atomic mass is 9.76. The van der Waals surface area contributed by atoms with Crippen LogP contribution in [0.4, 0.5) is 5.82 Å². The Balaban J connectivity index is 1.54. The molecule has 5 rings (SSSR count). The van der Waals surface area contributed by atoms with Crippen LogP contribution in [0.25, 0.3) is 28.5 Å². The molecule has 9 nitrogen and oxygen atoms in total. The van der Waals surface area contributed by atoms with Crippen LogP contribution in [0, 0.1) is 12.8 Å². The Kier molecular flexibility index (Phi) is 4.97. The summed E-state index contributed by atoms with van der Waals surface area (Å²) in [5.41, 5.74) is 9.87. The van der Waals surface area contributed by atoms with Gasteiger partial charge in [-0.2, -0.15) is 0 Å². The number of hydrogen-bond acceptors (Lipinski definition) is 8.